The van der Waals surface area contributed by atoms with Gasteiger partial charge in [-0.25, -0.2) is 0 Å². The van der Waals surface area contributed by atoms with Gasteiger partial charge in [0, 0.05) is 18.1 Å². The number of hydrogen-bond donors (Lipinski definition) is 1. The number of benzene rings is 3. The van der Waals surface area contributed by atoms with Gasteiger partial charge in [0.15, 0.2) is 6.61 Å². The fraction of sp³-hybridized carbons (Fsp3) is 0.167. The highest BCUT2D eigenvalue weighted by Crippen LogP contribution is 2.25. The van der Waals surface area contributed by atoms with E-state index < -0.39 is 18.5 Å². The minimum atomic E-state index is -0.482. The number of hydrogen-bond acceptors (Lipinski definition) is 4. The van der Waals surface area contributed by atoms with Crippen molar-refractivity contribution in [3.63, 3.8) is 0 Å². The van der Waals surface area contributed by atoms with Crippen LogP contribution in [0.1, 0.15) is 11.1 Å². The summed E-state index contributed by atoms with van der Waals surface area (Å²) in [5.41, 5.74) is 2.57. The largest absolute Gasteiger partial charge is 0.455 e. The van der Waals surface area contributed by atoms with E-state index >= 15 is 0 Å². The molecule has 0 atom stereocenters. The zero-order valence-corrected chi connectivity index (χ0v) is 18.3. The molecule has 0 heterocycles. The van der Waals surface area contributed by atoms with Crippen LogP contribution in [0.3, 0.4) is 0 Å². The highest BCUT2D eigenvalue weighted by atomic mass is 35.5. The maximum absolute atomic E-state index is 12.4. The molecule has 31 heavy (non-hydrogen) atoms. The fourth-order valence-corrected chi connectivity index (χ4v) is 3.46. The summed E-state index contributed by atoms with van der Waals surface area (Å²) in [6, 6.07) is 24.5. The molecule has 0 saturated carbocycles. The molecule has 0 aromatic heterocycles. The number of ether oxygens (including phenoxy) is 1. The highest BCUT2D eigenvalue weighted by Gasteiger charge is 2.15. The molecule has 3 aromatic rings. The third-order valence-electron chi connectivity index (χ3n) is 4.42. The molecular formula is C24H22Cl2N2O3. The number of esters is 1. The van der Waals surface area contributed by atoms with Gasteiger partial charge in [-0.2, -0.15) is 0 Å². The van der Waals surface area contributed by atoms with Gasteiger partial charge in [0.1, 0.15) is 0 Å². The van der Waals surface area contributed by atoms with Crippen LogP contribution in [0.5, 0.6) is 0 Å². The van der Waals surface area contributed by atoms with Gasteiger partial charge >= 0.3 is 5.97 Å². The molecule has 0 bridgehead atoms. The van der Waals surface area contributed by atoms with Gasteiger partial charge in [0.2, 0.25) is 0 Å². The second-order valence-electron chi connectivity index (χ2n) is 6.95. The average molecular weight is 457 g/mol. The summed E-state index contributed by atoms with van der Waals surface area (Å²) >= 11 is 11.9. The fourth-order valence-electron chi connectivity index (χ4n) is 3.00. The SMILES string of the molecule is O=C(COC(=O)CN(Cc1ccccc1)Cc1ccccc1)Nc1ccc(Cl)cc1Cl. The van der Waals surface area contributed by atoms with E-state index in [4.69, 9.17) is 27.9 Å². The van der Waals surface area contributed by atoms with Gasteiger partial charge in [-0.15, -0.1) is 0 Å². The molecule has 0 unspecified atom stereocenters. The zero-order valence-electron chi connectivity index (χ0n) is 16.8. The van der Waals surface area contributed by atoms with Crippen LogP contribution in [0.2, 0.25) is 10.0 Å². The van der Waals surface area contributed by atoms with E-state index in [1.54, 1.807) is 12.1 Å². The van der Waals surface area contributed by atoms with Gasteiger partial charge < -0.3 is 10.1 Å². The van der Waals surface area contributed by atoms with E-state index in [-0.39, 0.29) is 6.54 Å². The first-order valence-electron chi connectivity index (χ1n) is 9.70. The Bertz CT molecular complexity index is 972. The van der Waals surface area contributed by atoms with Crippen molar-refractivity contribution >= 4 is 40.8 Å². The first-order valence-corrected chi connectivity index (χ1v) is 10.5. The molecule has 0 saturated heterocycles. The summed E-state index contributed by atoms with van der Waals surface area (Å²) in [5.74, 6) is -0.959. The lowest BCUT2D eigenvalue weighted by atomic mass is 10.1. The van der Waals surface area contributed by atoms with E-state index in [9.17, 15) is 9.59 Å². The summed E-state index contributed by atoms with van der Waals surface area (Å²) in [6.07, 6.45) is 0. The van der Waals surface area contributed by atoms with Crippen molar-refractivity contribution in [1.82, 2.24) is 4.90 Å². The Morgan fingerprint density at radius 2 is 1.42 bits per heavy atom. The Kier molecular flexibility index (Phi) is 8.47. The molecule has 0 aliphatic rings. The van der Waals surface area contributed by atoms with Crippen molar-refractivity contribution in [2.24, 2.45) is 0 Å². The van der Waals surface area contributed by atoms with Crippen molar-refractivity contribution in [3.8, 4) is 0 Å². The smallest absolute Gasteiger partial charge is 0.320 e. The van der Waals surface area contributed by atoms with Crippen molar-refractivity contribution in [1.29, 1.82) is 0 Å². The lowest BCUT2D eigenvalue weighted by Crippen LogP contribution is -2.32. The zero-order chi connectivity index (χ0) is 22.1. The number of carbonyl (C=O) groups is 2. The van der Waals surface area contributed by atoms with E-state index in [1.165, 1.54) is 6.07 Å². The molecule has 0 spiro atoms. The number of anilines is 1. The van der Waals surface area contributed by atoms with Gasteiger partial charge in [0.05, 0.1) is 17.3 Å². The minimum absolute atomic E-state index is 0.0543. The molecule has 3 rings (SSSR count). The van der Waals surface area contributed by atoms with Crippen LogP contribution in [0, 0.1) is 0 Å². The normalized spacial score (nSPS) is 10.7. The molecule has 160 valence electrons. The number of nitrogens with one attached hydrogen (secondary N) is 1. The summed E-state index contributed by atoms with van der Waals surface area (Å²) in [5, 5.41) is 3.38. The van der Waals surface area contributed by atoms with E-state index in [1.807, 2.05) is 65.6 Å². The molecule has 0 radical (unpaired) electrons. The van der Waals surface area contributed by atoms with Crippen LogP contribution in [0.25, 0.3) is 0 Å². The monoisotopic (exact) mass is 456 g/mol. The Balaban J connectivity index is 1.55. The molecule has 5 nitrogen and oxygen atoms in total. The Labute approximate surface area is 191 Å². The summed E-state index contributed by atoms with van der Waals surface area (Å²) in [7, 11) is 0. The number of carbonyl (C=O) groups excluding carboxylic acids is 2. The predicted octanol–water partition coefficient (Wildman–Crippen LogP) is 5.18. The maximum Gasteiger partial charge on any atom is 0.320 e. The molecule has 7 heteroatoms. The standard InChI is InChI=1S/C24H22Cl2N2O3/c25-20-11-12-22(21(26)13-20)27-23(29)17-31-24(30)16-28(14-18-7-3-1-4-8-18)15-19-9-5-2-6-10-19/h1-13H,14-17H2,(H,27,29). The number of halogens is 2. The van der Waals surface area contributed by atoms with Crippen LogP contribution in [0.4, 0.5) is 5.69 Å². The Hall–Kier alpha value is -2.86. The minimum Gasteiger partial charge on any atom is -0.455 e. The van der Waals surface area contributed by atoms with Gasteiger partial charge in [-0.1, -0.05) is 83.9 Å². The molecule has 0 aliphatic carbocycles. The number of amides is 1. The van der Waals surface area contributed by atoms with E-state index in [0.717, 1.165) is 11.1 Å². The van der Waals surface area contributed by atoms with Crippen molar-refractivity contribution in [3.05, 3.63) is 100 Å². The predicted molar refractivity (Wildman–Crippen MR) is 123 cm³/mol. The molecule has 0 aliphatic heterocycles. The number of rotatable bonds is 9. The van der Waals surface area contributed by atoms with Crippen LogP contribution in [-0.4, -0.2) is 29.9 Å². The topological polar surface area (TPSA) is 58.6 Å². The quantitative estimate of drug-likeness (QED) is 0.450. The van der Waals surface area contributed by atoms with Crippen LogP contribution < -0.4 is 5.32 Å². The van der Waals surface area contributed by atoms with Gasteiger partial charge in [-0.3, -0.25) is 14.5 Å². The molecule has 3 aromatic carbocycles. The van der Waals surface area contributed by atoms with Gasteiger partial charge in [-0.05, 0) is 29.3 Å². The number of nitrogens with zero attached hydrogens (tertiary/aromatic N) is 1. The first-order chi connectivity index (χ1) is 15.0. The molecule has 0 fully saturated rings. The Morgan fingerprint density at radius 3 is 1.97 bits per heavy atom. The summed E-state index contributed by atoms with van der Waals surface area (Å²) in [6.45, 7) is 0.815. The lowest BCUT2D eigenvalue weighted by Gasteiger charge is -2.21. The molecule has 1 N–H and O–H groups in total. The summed E-state index contributed by atoms with van der Waals surface area (Å²) in [4.78, 5) is 26.5. The van der Waals surface area contributed by atoms with E-state index in [0.29, 0.717) is 28.8 Å². The van der Waals surface area contributed by atoms with Crippen molar-refractivity contribution in [2.75, 3.05) is 18.5 Å². The average Bonchev–Trinajstić information content (AvgIpc) is 2.76. The summed E-state index contributed by atoms with van der Waals surface area (Å²) < 4.78 is 5.18. The first kappa shape index (κ1) is 22.8. The maximum atomic E-state index is 12.4. The molecular weight excluding hydrogens is 435 g/mol. The van der Waals surface area contributed by atoms with Crippen LogP contribution in [-0.2, 0) is 27.4 Å². The second-order valence-corrected chi connectivity index (χ2v) is 7.79. The third kappa shape index (κ3) is 7.72. The second kappa shape index (κ2) is 11.5. The third-order valence-corrected chi connectivity index (χ3v) is 4.97. The van der Waals surface area contributed by atoms with Crippen molar-refractivity contribution < 1.29 is 14.3 Å². The van der Waals surface area contributed by atoms with E-state index in [2.05, 4.69) is 5.32 Å². The Morgan fingerprint density at radius 1 is 0.839 bits per heavy atom. The van der Waals surface area contributed by atoms with Crippen LogP contribution in [0.15, 0.2) is 78.9 Å². The van der Waals surface area contributed by atoms with Gasteiger partial charge in [0.25, 0.3) is 5.91 Å². The molecule has 1 amide bonds. The highest BCUT2D eigenvalue weighted by molar-refractivity contribution is 6.36. The van der Waals surface area contributed by atoms with Crippen LogP contribution >= 0.6 is 23.2 Å². The van der Waals surface area contributed by atoms with Crippen molar-refractivity contribution in [2.45, 2.75) is 13.1 Å². The lowest BCUT2D eigenvalue weighted by molar-refractivity contribution is -0.148.